The first-order chi connectivity index (χ1) is 14.0. The van der Waals surface area contributed by atoms with E-state index in [1.807, 2.05) is 24.3 Å². The van der Waals surface area contributed by atoms with Gasteiger partial charge in [0.05, 0.1) is 9.79 Å². The Morgan fingerprint density at radius 2 is 1.00 bits per heavy atom. The molecule has 4 rings (SSSR count). The predicted octanol–water partition coefficient (Wildman–Crippen LogP) is 5.48. The van der Waals surface area contributed by atoms with Crippen LogP contribution < -0.4 is 0 Å². The van der Waals surface area contributed by atoms with E-state index in [0.29, 0.717) is 9.79 Å². The zero-order chi connectivity index (χ0) is 20.3. The summed E-state index contributed by atoms with van der Waals surface area (Å²) in [6.45, 7) is 0. The summed E-state index contributed by atoms with van der Waals surface area (Å²) in [7, 11) is -3.49. The van der Waals surface area contributed by atoms with Crippen LogP contribution in [0.4, 0.5) is 0 Å². The van der Waals surface area contributed by atoms with Crippen LogP contribution in [0.5, 0.6) is 5.75 Å². The lowest BCUT2D eigenvalue weighted by molar-refractivity contribution is 0.475. The van der Waals surface area contributed by atoms with E-state index in [9.17, 15) is 13.5 Å². The van der Waals surface area contributed by atoms with Gasteiger partial charge in [-0.05, 0) is 65.1 Å². The third-order valence-corrected chi connectivity index (χ3v) is 6.64. The molecule has 0 aliphatic rings. The molecule has 0 aromatic heterocycles. The number of sulfone groups is 1. The van der Waals surface area contributed by atoms with Crippen molar-refractivity contribution in [2.24, 2.45) is 0 Å². The van der Waals surface area contributed by atoms with Crippen LogP contribution in [0.25, 0.3) is 11.1 Å². The van der Waals surface area contributed by atoms with Crippen LogP contribution in [-0.2, 0) is 16.3 Å². The second kappa shape index (κ2) is 7.94. The van der Waals surface area contributed by atoms with E-state index in [-0.39, 0.29) is 5.75 Å². The van der Waals surface area contributed by atoms with Crippen LogP contribution in [-0.4, -0.2) is 13.5 Å². The van der Waals surface area contributed by atoms with Crippen molar-refractivity contribution >= 4 is 9.84 Å². The number of aromatic hydroxyl groups is 1. The summed E-state index contributed by atoms with van der Waals surface area (Å²) in [6, 6.07) is 30.9. The molecule has 0 amide bonds. The summed E-state index contributed by atoms with van der Waals surface area (Å²) < 4.78 is 25.4. The smallest absolute Gasteiger partial charge is 0.206 e. The van der Waals surface area contributed by atoms with Gasteiger partial charge in [0.1, 0.15) is 5.75 Å². The van der Waals surface area contributed by atoms with E-state index >= 15 is 0 Å². The van der Waals surface area contributed by atoms with E-state index < -0.39 is 9.84 Å². The number of rotatable bonds is 5. The second-order valence-corrected chi connectivity index (χ2v) is 8.83. The van der Waals surface area contributed by atoms with E-state index in [2.05, 4.69) is 24.3 Å². The summed E-state index contributed by atoms with van der Waals surface area (Å²) in [5.74, 6) is 0.253. The van der Waals surface area contributed by atoms with Crippen molar-refractivity contribution in [1.82, 2.24) is 0 Å². The average molecular weight is 400 g/mol. The van der Waals surface area contributed by atoms with Gasteiger partial charge in [-0.2, -0.15) is 0 Å². The largest absolute Gasteiger partial charge is 0.508 e. The van der Waals surface area contributed by atoms with Crippen molar-refractivity contribution in [2.75, 3.05) is 0 Å². The maximum Gasteiger partial charge on any atom is 0.206 e. The second-order valence-electron chi connectivity index (χ2n) is 6.88. The van der Waals surface area contributed by atoms with Crippen LogP contribution >= 0.6 is 0 Å². The van der Waals surface area contributed by atoms with Gasteiger partial charge in [-0.3, -0.25) is 0 Å². The topological polar surface area (TPSA) is 54.4 Å². The predicted molar refractivity (Wildman–Crippen MR) is 115 cm³/mol. The van der Waals surface area contributed by atoms with E-state index in [1.54, 1.807) is 54.6 Å². The molecule has 0 aliphatic carbocycles. The summed E-state index contributed by atoms with van der Waals surface area (Å²) >= 11 is 0. The molecule has 0 fully saturated rings. The molecule has 0 unspecified atom stereocenters. The van der Waals surface area contributed by atoms with Gasteiger partial charge in [0, 0.05) is 0 Å². The zero-order valence-electron chi connectivity index (χ0n) is 15.7. The fraction of sp³-hybridized carbons (Fsp3) is 0.0400. The van der Waals surface area contributed by atoms with Gasteiger partial charge in [-0.1, -0.05) is 66.7 Å². The third-order valence-electron chi connectivity index (χ3n) is 4.85. The standard InChI is InChI=1S/C25H20O3S/c26-23-14-12-22(13-15-23)21-10-6-19(7-11-21)18-20-8-16-25(17-9-20)29(27,28)24-4-2-1-3-5-24/h1-17,26H,18H2. The quantitative estimate of drug-likeness (QED) is 0.482. The lowest BCUT2D eigenvalue weighted by Crippen LogP contribution is -2.01. The molecule has 3 nitrogen and oxygen atoms in total. The Kier molecular flexibility index (Phi) is 5.19. The molecule has 4 heteroatoms. The number of hydrogen-bond acceptors (Lipinski definition) is 3. The van der Waals surface area contributed by atoms with Gasteiger partial charge < -0.3 is 5.11 Å². The van der Waals surface area contributed by atoms with Crippen LogP contribution in [0, 0.1) is 0 Å². The van der Waals surface area contributed by atoms with Crippen molar-refractivity contribution in [1.29, 1.82) is 0 Å². The van der Waals surface area contributed by atoms with Gasteiger partial charge in [0.2, 0.25) is 9.84 Å². The molecule has 0 bridgehead atoms. The minimum Gasteiger partial charge on any atom is -0.508 e. The molecule has 144 valence electrons. The highest BCUT2D eigenvalue weighted by Crippen LogP contribution is 2.24. The Bertz CT molecular complexity index is 1190. The summed E-state index contributed by atoms with van der Waals surface area (Å²) in [5.41, 5.74) is 4.32. The van der Waals surface area contributed by atoms with E-state index in [4.69, 9.17) is 0 Å². The number of phenols is 1. The van der Waals surface area contributed by atoms with Crippen LogP contribution in [0.2, 0.25) is 0 Å². The molecule has 4 aromatic rings. The summed E-state index contributed by atoms with van der Waals surface area (Å²) in [5, 5.41) is 9.41. The molecule has 0 atom stereocenters. The number of hydrogen-bond donors (Lipinski definition) is 1. The Hall–Kier alpha value is -3.37. The van der Waals surface area contributed by atoms with Gasteiger partial charge in [0.15, 0.2) is 0 Å². The van der Waals surface area contributed by atoms with Crippen molar-refractivity contribution in [2.45, 2.75) is 16.2 Å². The summed E-state index contributed by atoms with van der Waals surface area (Å²) in [4.78, 5) is 0.604. The minimum absolute atomic E-state index is 0.253. The Morgan fingerprint density at radius 3 is 1.55 bits per heavy atom. The van der Waals surface area contributed by atoms with Gasteiger partial charge in [-0.25, -0.2) is 8.42 Å². The highest BCUT2D eigenvalue weighted by atomic mass is 32.2. The normalized spacial score (nSPS) is 11.3. The first-order valence-corrected chi connectivity index (χ1v) is 10.8. The first-order valence-electron chi connectivity index (χ1n) is 9.30. The molecule has 0 spiro atoms. The first kappa shape index (κ1) is 19.0. The summed E-state index contributed by atoms with van der Waals surface area (Å²) in [6.07, 6.45) is 0.724. The molecule has 4 aromatic carbocycles. The number of phenolic OH excluding ortho intramolecular Hbond substituents is 1. The van der Waals surface area contributed by atoms with Gasteiger partial charge in [0.25, 0.3) is 0 Å². The van der Waals surface area contributed by atoms with Crippen LogP contribution in [0.3, 0.4) is 0 Å². The van der Waals surface area contributed by atoms with Gasteiger partial charge >= 0.3 is 0 Å². The zero-order valence-corrected chi connectivity index (χ0v) is 16.5. The SMILES string of the molecule is O=S(=O)(c1ccccc1)c1ccc(Cc2ccc(-c3ccc(O)cc3)cc2)cc1. The maximum absolute atomic E-state index is 12.7. The molecular weight excluding hydrogens is 380 g/mol. The van der Waals surface area contributed by atoms with Crippen LogP contribution in [0.15, 0.2) is 113 Å². The Balaban J connectivity index is 1.50. The van der Waals surface area contributed by atoms with Crippen molar-refractivity contribution in [3.63, 3.8) is 0 Å². The molecule has 1 N–H and O–H groups in total. The molecule has 0 heterocycles. The van der Waals surface area contributed by atoms with Crippen molar-refractivity contribution in [3.8, 4) is 16.9 Å². The van der Waals surface area contributed by atoms with Crippen molar-refractivity contribution in [3.05, 3.63) is 114 Å². The Labute approximate surface area is 170 Å². The van der Waals surface area contributed by atoms with E-state index in [1.165, 1.54) is 0 Å². The number of benzene rings is 4. The molecule has 0 saturated carbocycles. The lowest BCUT2D eigenvalue weighted by Gasteiger charge is -2.08. The molecule has 0 radical (unpaired) electrons. The monoisotopic (exact) mass is 400 g/mol. The maximum atomic E-state index is 12.7. The Morgan fingerprint density at radius 1 is 0.552 bits per heavy atom. The fourth-order valence-electron chi connectivity index (χ4n) is 3.23. The molecule has 29 heavy (non-hydrogen) atoms. The lowest BCUT2D eigenvalue weighted by atomic mass is 10.0. The minimum atomic E-state index is -3.49. The van der Waals surface area contributed by atoms with Crippen LogP contribution in [0.1, 0.15) is 11.1 Å². The molecule has 0 aliphatic heterocycles. The fourth-order valence-corrected chi connectivity index (χ4v) is 4.51. The average Bonchev–Trinajstić information content (AvgIpc) is 2.76. The third kappa shape index (κ3) is 4.23. The van der Waals surface area contributed by atoms with Crippen molar-refractivity contribution < 1.29 is 13.5 Å². The van der Waals surface area contributed by atoms with Gasteiger partial charge in [-0.15, -0.1) is 0 Å². The highest BCUT2D eigenvalue weighted by Gasteiger charge is 2.16. The highest BCUT2D eigenvalue weighted by molar-refractivity contribution is 7.91. The molecular formula is C25H20O3S. The van der Waals surface area contributed by atoms with E-state index in [0.717, 1.165) is 28.7 Å². The molecule has 0 saturated heterocycles.